The molecule has 0 aromatic heterocycles. The van der Waals surface area contributed by atoms with Gasteiger partial charge >= 0.3 is 0 Å². The standard InChI is InChI=1S/C76H66.C2H6/c1-14-54-44(8)46(10)73-68(48(54)12)72-55(15-2)43(7)42(6)45(9)74(72)76(73)66-32-24-31-62(71(66)69-49(13)67(41(4)5)75(69)76)70-56(16-3)65(59-29-22-23-30-61(59)70)40-64(52-35-33-51(34-36-52)50-25-18-17-19-26-50)53-37-38-60-58-28-21-20-27-57(58)47(11)63(60)39-53;1-2/h14-40,47,64,70H,1-2,4H2,3,5-13H3;1-2H3/b56-16+,65-40+;. The highest BCUT2D eigenvalue weighted by Crippen LogP contribution is 2.72. The van der Waals surface area contributed by atoms with E-state index in [-0.39, 0.29) is 11.8 Å². The molecule has 0 fully saturated rings. The summed E-state index contributed by atoms with van der Waals surface area (Å²) in [4.78, 5) is 0. The van der Waals surface area contributed by atoms with Crippen LogP contribution in [0.25, 0.3) is 56.7 Å². The average molecular weight is 1010 g/mol. The van der Waals surface area contributed by atoms with E-state index in [1.54, 1.807) is 0 Å². The molecule has 8 aromatic rings. The Morgan fingerprint density at radius 1 is 0.538 bits per heavy atom. The molecule has 0 N–H and O–H groups in total. The van der Waals surface area contributed by atoms with Gasteiger partial charge < -0.3 is 0 Å². The van der Waals surface area contributed by atoms with Crippen LogP contribution in [0.4, 0.5) is 0 Å². The molecule has 0 saturated heterocycles. The molecule has 78 heavy (non-hydrogen) atoms. The van der Waals surface area contributed by atoms with Crippen LogP contribution in [0, 0.1) is 41.5 Å². The van der Waals surface area contributed by atoms with Crippen molar-refractivity contribution in [2.24, 2.45) is 0 Å². The second kappa shape index (κ2) is 18.8. The summed E-state index contributed by atoms with van der Waals surface area (Å²) < 4.78 is 0. The minimum absolute atomic E-state index is 0.00117. The highest BCUT2D eigenvalue weighted by molar-refractivity contribution is 6.10. The smallest absolute Gasteiger partial charge is 0.0737 e. The topological polar surface area (TPSA) is 0 Å². The summed E-state index contributed by atoms with van der Waals surface area (Å²) in [5.74, 6) is 0.312. The van der Waals surface area contributed by atoms with Crippen molar-refractivity contribution in [3.63, 3.8) is 0 Å². The zero-order valence-electron chi connectivity index (χ0n) is 47.9. The zero-order valence-corrected chi connectivity index (χ0v) is 47.9. The Morgan fingerprint density at radius 2 is 1.12 bits per heavy atom. The van der Waals surface area contributed by atoms with Crippen molar-refractivity contribution >= 4 is 23.3 Å². The number of hydrogen-bond donors (Lipinski definition) is 0. The van der Waals surface area contributed by atoms with Gasteiger partial charge in [0.15, 0.2) is 0 Å². The van der Waals surface area contributed by atoms with Gasteiger partial charge in [-0.15, -0.1) is 0 Å². The van der Waals surface area contributed by atoms with E-state index in [1.807, 2.05) is 13.8 Å². The minimum atomic E-state index is -0.563. The molecule has 1 spiro atoms. The minimum Gasteiger partial charge on any atom is -0.0984 e. The predicted octanol–water partition coefficient (Wildman–Crippen LogP) is 20.9. The first kappa shape index (κ1) is 50.7. The Hall–Kier alpha value is -8.06. The SMILES string of the molecule is C=Cc1c(C)c(C)c2c(c1C)-c1c(C=C)c(C)c(C)c(C)c1C21C2=C(C(C)=C2C(=C)C)c2c(C3C(=C/C)/C(=C\C(c4ccc(-c5ccccc5)cc4)c4ccc5c(c4)C(C)c4ccccc4-5)c4ccccc43)cccc21.CC. The summed E-state index contributed by atoms with van der Waals surface area (Å²) in [6.07, 6.45) is 9.25. The lowest BCUT2D eigenvalue weighted by atomic mass is 9.61. The van der Waals surface area contributed by atoms with E-state index < -0.39 is 5.41 Å². The van der Waals surface area contributed by atoms with Gasteiger partial charge in [-0.2, -0.15) is 0 Å². The van der Waals surface area contributed by atoms with Crippen molar-refractivity contribution in [2.45, 2.75) is 106 Å². The third-order valence-corrected chi connectivity index (χ3v) is 19.1. The van der Waals surface area contributed by atoms with Gasteiger partial charge in [-0.1, -0.05) is 210 Å². The molecule has 0 saturated carbocycles. The Balaban J connectivity index is 0.00000301. The summed E-state index contributed by atoms with van der Waals surface area (Å²) in [5, 5.41) is 0. The zero-order chi connectivity index (χ0) is 54.8. The van der Waals surface area contributed by atoms with Crippen molar-refractivity contribution in [3.8, 4) is 33.4 Å². The first-order valence-electron chi connectivity index (χ1n) is 28.5. The summed E-state index contributed by atoms with van der Waals surface area (Å²) in [6.45, 7) is 40.9. The lowest BCUT2D eigenvalue weighted by molar-refractivity contribution is 0.750. The first-order valence-corrected chi connectivity index (χ1v) is 28.5. The van der Waals surface area contributed by atoms with Crippen molar-refractivity contribution in [2.75, 3.05) is 0 Å². The molecule has 0 nitrogen and oxygen atoms in total. The molecule has 5 aliphatic rings. The van der Waals surface area contributed by atoms with Crippen LogP contribution < -0.4 is 0 Å². The van der Waals surface area contributed by atoms with Gasteiger partial charge in [-0.3, -0.25) is 0 Å². The lowest BCUT2D eigenvalue weighted by Gasteiger charge is -2.40. The summed E-state index contributed by atoms with van der Waals surface area (Å²) in [5.41, 5.74) is 42.0. The highest BCUT2D eigenvalue weighted by atomic mass is 14.6. The maximum Gasteiger partial charge on any atom is 0.0737 e. The van der Waals surface area contributed by atoms with Crippen LogP contribution in [0.2, 0.25) is 0 Å². The Morgan fingerprint density at radius 3 is 1.79 bits per heavy atom. The van der Waals surface area contributed by atoms with Gasteiger partial charge in [0.2, 0.25) is 0 Å². The van der Waals surface area contributed by atoms with Crippen LogP contribution in [-0.2, 0) is 5.41 Å². The number of rotatable bonds is 8. The molecule has 384 valence electrons. The maximum absolute atomic E-state index is 4.75. The van der Waals surface area contributed by atoms with Crippen LogP contribution >= 0.6 is 0 Å². The molecule has 8 aromatic carbocycles. The Labute approximate surface area is 465 Å². The van der Waals surface area contributed by atoms with Crippen LogP contribution in [0.15, 0.2) is 199 Å². The molecule has 0 heterocycles. The highest BCUT2D eigenvalue weighted by Gasteiger charge is 2.60. The maximum atomic E-state index is 4.75. The summed E-state index contributed by atoms with van der Waals surface area (Å²) in [7, 11) is 0. The van der Waals surface area contributed by atoms with Crippen LogP contribution in [0.1, 0.15) is 165 Å². The van der Waals surface area contributed by atoms with Crippen molar-refractivity contribution in [3.05, 3.63) is 305 Å². The number of benzene rings is 8. The predicted molar refractivity (Wildman–Crippen MR) is 336 cm³/mol. The second-order valence-corrected chi connectivity index (χ2v) is 22.5. The van der Waals surface area contributed by atoms with Crippen LogP contribution in [0.3, 0.4) is 0 Å². The molecular weight excluding hydrogens is 937 g/mol. The molecule has 13 rings (SSSR count). The molecule has 5 aliphatic carbocycles. The van der Waals surface area contributed by atoms with Crippen molar-refractivity contribution < 1.29 is 0 Å². The molecule has 0 bridgehead atoms. The molecule has 0 radical (unpaired) electrons. The number of allylic oxidation sites excluding steroid dienone is 9. The number of hydrogen-bond acceptors (Lipinski definition) is 0. The van der Waals surface area contributed by atoms with E-state index in [4.69, 9.17) is 6.58 Å². The third kappa shape index (κ3) is 6.71. The summed E-state index contributed by atoms with van der Waals surface area (Å²) in [6, 6.07) is 53.0. The van der Waals surface area contributed by atoms with Gasteiger partial charge in [0.05, 0.1) is 5.41 Å². The Kier molecular flexibility index (Phi) is 12.3. The molecule has 0 aliphatic heterocycles. The van der Waals surface area contributed by atoms with E-state index in [2.05, 4.69) is 246 Å². The van der Waals surface area contributed by atoms with E-state index in [0.717, 1.165) is 5.57 Å². The lowest BCUT2D eigenvalue weighted by Crippen LogP contribution is -2.33. The average Bonchev–Trinajstić information content (AvgIpc) is 3.09. The summed E-state index contributed by atoms with van der Waals surface area (Å²) >= 11 is 0. The molecule has 0 heteroatoms. The fourth-order valence-electron chi connectivity index (χ4n) is 15.4. The van der Waals surface area contributed by atoms with Crippen molar-refractivity contribution in [1.82, 2.24) is 0 Å². The quantitative estimate of drug-likeness (QED) is 0.142. The van der Waals surface area contributed by atoms with Gasteiger partial charge in [0, 0.05) is 17.8 Å². The van der Waals surface area contributed by atoms with Gasteiger partial charge in [0.25, 0.3) is 0 Å². The van der Waals surface area contributed by atoms with E-state index in [0.29, 0.717) is 5.92 Å². The van der Waals surface area contributed by atoms with E-state index in [9.17, 15) is 0 Å². The second-order valence-electron chi connectivity index (χ2n) is 22.5. The van der Waals surface area contributed by atoms with Gasteiger partial charge in [-0.25, -0.2) is 0 Å². The molecule has 4 unspecified atom stereocenters. The fourth-order valence-corrected chi connectivity index (χ4v) is 15.4. The normalized spacial score (nSPS) is 19.1. The third-order valence-electron chi connectivity index (χ3n) is 19.1. The molecule has 0 amide bonds. The van der Waals surface area contributed by atoms with Gasteiger partial charge in [0.1, 0.15) is 0 Å². The monoisotopic (exact) mass is 1010 g/mol. The molecular formula is C78H72. The molecule has 4 atom stereocenters. The van der Waals surface area contributed by atoms with Crippen LogP contribution in [-0.4, -0.2) is 0 Å². The van der Waals surface area contributed by atoms with Crippen molar-refractivity contribution in [1.29, 1.82) is 0 Å². The largest absolute Gasteiger partial charge is 0.0984 e. The van der Waals surface area contributed by atoms with Gasteiger partial charge in [-0.05, 0) is 235 Å². The first-order chi connectivity index (χ1) is 37.8. The van der Waals surface area contributed by atoms with E-state index >= 15 is 0 Å². The Bertz CT molecular complexity index is 4070. The van der Waals surface area contributed by atoms with Crippen LogP contribution in [0.5, 0.6) is 0 Å². The van der Waals surface area contributed by atoms with E-state index in [1.165, 1.54) is 173 Å². The fraction of sp³-hybridized carbons (Fsp3) is 0.205. The number of fused-ring (bicyclic) bond motifs is 13.